The van der Waals surface area contributed by atoms with Crippen molar-refractivity contribution in [3.8, 4) is 0 Å². The molecule has 0 spiro atoms. The first-order chi connectivity index (χ1) is 5.36. The number of nitrogens with one attached hydrogen (secondary N) is 1. The van der Waals surface area contributed by atoms with Gasteiger partial charge in [0.15, 0.2) is 6.20 Å². The van der Waals surface area contributed by atoms with Crippen LogP contribution < -0.4 is 4.98 Å². The van der Waals surface area contributed by atoms with E-state index < -0.39 is 0 Å². The molecule has 1 aromatic heterocycles. The largest absolute Gasteiger partial charge is 0.693 e. The van der Waals surface area contributed by atoms with E-state index in [0.717, 1.165) is 9.99 Å². The molecule has 62 valence electrons. The van der Waals surface area contributed by atoms with Crippen LogP contribution in [0.15, 0.2) is 41.0 Å². The summed E-state index contributed by atoms with van der Waals surface area (Å²) in [4.78, 5) is 3.16. The molecule has 1 aromatic carbocycles. The number of hydrogen-bond donors (Lipinski definition) is 0. The van der Waals surface area contributed by atoms with Gasteiger partial charge in [0.2, 0.25) is 5.52 Å². The summed E-state index contributed by atoms with van der Waals surface area (Å²) in [6.07, 6.45) is 1.93. The summed E-state index contributed by atoms with van der Waals surface area (Å²) in [7, 11) is 0. The Labute approximate surface area is 79.3 Å². The maximum Gasteiger partial charge on any atom is 0.210 e. The molecule has 1 heterocycles. The second-order valence-corrected chi connectivity index (χ2v) is 3.32. The number of aromatic nitrogens is 1. The minimum absolute atomic E-state index is 0. The highest BCUT2D eigenvalue weighted by Gasteiger charge is 1.97. The van der Waals surface area contributed by atoms with Crippen LogP contribution in [-0.4, -0.2) is 0 Å². The third-order valence-corrected chi connectivity index (χ3v) is 2.12. The maximum absolute atomic E-state index is 3.42. The Morgan fingerprint density at radius 2 is 2.00 bits per heavy atom. The highest BCUT2D eigenvalue weighted by Crippen LogP contribution is 2.15. The molecule has 0 fully saturated rings. The molecule has 0 amide bonds. The van der Waals surface area contributed by atoms with E-state index in [9.17, 15) is 0 Å². The fourth-order valence-electron chi connectivity index (χ4n) is 1.09. The summed E-state index contributed by atoms with van der Waals surface area (Å²) in [5.74, 6) is 0. The lowest BCUT2D eigenvalue weighted by molar-refractivity contribution is -0.344. The van der Waals surface area contributed by atoms with Crippen LogP contribution >= 0.6 is 15.9 Å². The zero-order valence-electron chi connectivity index (χ0n) is 6.42. The first-order valence-electron chi connectivity index (χ1n) is 3.42. The predicted molar refractivity (Wildman–Crippen MR) is 53.5 cm³/mol. The summed E-state index contributed by atoms with van der Waals surface area (Å²) in [5.41, 5.74) is 1.16. The molecule has 0 aliphatic rings. The third kappa shape index (κ3) is 1.62. The Morgan fingerprint density at radius 3 is 2.83 bits per heavy atom. The van der Waals surface area contributed by atoms with E-state index in [1.54, 1.807) is 0 Å². The van der Waals surface area contributed by atoms with Gasteiger partial charge in [-0.3, -0.25) is 0 Å². The van der Waals surface area contributed by atoms with Crippen LogP contribution in [0.25, 0.3) is 17.1 Å². The molecule has 0 atom stereocenters. The molecule has 0 saturated heterocycles. The summed E-state index contributed by atoms with van der Waals surface area (Å²) in [5, 5.41) is 1.22. The number of halogens is 1. The number of rotatable bonds is 0. The van der Waals surface area contributed by atoms with E-state index in [-0.39, 0.29) is 6.15 Å². The molecule has 0 radical (unpaired) electrons. The molecule has 0 saturated carbocycles. The van der Waals surface area contributed by atoms with Crippen molar-refractivity contribution in [3.05, 3.63) is 47.2 Å². The number of H-pyrrole nitrogens is 1. The van der Waals surface area contributed by atoms with Gasteiger partial charge in [-0.2, -0.15) is 0 Å². The Kier molecular flexibility index (Phi) is 2.78. The van der Waals surface area contributed by atoms with Gasteiger partial charge in [0.25, 0.3) is 0 Å². The van der Waals surface area contributed by atoms with E-state index in [4.69, 9.17) is 0 Å². The van der Waals surface area contributed by atoms with Crippen LogP contribution in [0, 0.1) is 0 Å². The standard InChI is InChI=1S/C9H6BrN.H2N/c10-8-3-4-9-7(6-8)2-1-5-11-9;/h1-6H;1H2/q;-1/p+1. The lowest BCUT2D eigenvalue weighted by Crippen LogP contribution is -2.00. The minimum atomic E-state index is 0. The van der Waals surface area contributed by atoms with Crippen LogP contribution in [0.4, 0.5) is 0 Å². The molecule has 2 aromatic rings. The van der Waals surface area contributed by atoms with E-state index >= 15 is 0 Å². The predicted octanol–water partition coefficient (Wildman–Crippen LogP) is 3.13. The maximum atomic E-state index is 3.42. The average molecular weight is 225 g/mol. The van der Waals surface area contributed by atoms with Crippen molar-refractivity contribution in [1.29, 1.82) is 0 Å². The lowest BCUT2D eigenvalue weighted by atomic mass is 10.2. The zero-order chi connectivity index (χ0) is 7.68. The highest BCUT2D eigenvalue weighted by molar-refractivity contribution is 9.10. The molecular formula is C9H9BrN2. The lowest BCUT2D eigenvalue weighted by Gasteiger charge is -1.90. The summed E-state index contributed by atoms with van der Waals surface area (Å²) in [6.45, 7) is 0. The molecule has 2 rings (SSSR count). The van der Waals surface area contributed by atoms with Crippen LogP contribution in [0.5, 0.6) is 0 Å². The van der Waals surface area contributed by atoms with Crippen molar-refractivity contribution >= 4 is 26.8 Å². The van der Waals surface area contributed by atoms with Crippen molar-refractivity contribution in [2.24, 2.45) is 0 Å². The van der Waals surface area contributed by atoms with Crippen LogP contribution in [0.1, 0.15) is 0 Å². The van der Waals surface area contributed by atoms with Gasteiger partial charge in [-0.1, -0.05) is 15.9 Å². The van der Waals surface area contributed by atoms with Crippen molar-refractivity contribution in [2.75, 3.05) is 0 Å². The fourth-order valence-corrected chi connectivity index (χ4v) is 1.47. The van der Waals surface area contributed by atoms with Gasteiger partial charge in [-0.05, 0) is 18.2 Å². The Bertz CT molecular complexity index is 387. The number of aromatic amines is 1. The molecule has 0 unspecified atom stereocenters. The second-order valence-electron chi connectivity index (χ2n) is 2.40. The van der Waals surface area contributed by atoms with Crippen molar-refractivity contribution < 1.29 is 4.98 Å². The smallest absolute Gasteiger partial charge is 0.210 e. The Balaban J connectivity index is 0.000000720. The molecule has 0 aliphatic carbocycles. The highest BCUT2D eigenvalue weighted by atomic mass is 79.9. The van der Waals surface area contributed by atoms with E-state index in [0.29, 0.717) is 0 Å². The topological polar surface area (TPSA) is 47.6 Å². The van der Waals surface area contributed by atoms with Gasteiger partial charge in [0.1, 0.15) is 0 Å². The molecule has 12 heavy (non-hydrogen) atoms. The SMILES string of the molecule is Brc1ccc2[nH+]cccc2c1.[NH2-]. The van der Waals surface area contributed by atoms with E-state index in [1.165, 1.54) is 5.39 Å². The van der Waals surface area contributed by atoms with E-state index in [2.05, 4.69) is 39.1 Å². The summed E-state index contributed by atoms with van der Waals surface area (Å²) in [6, 6.07) is 10.2. The monoisotopic (exact) mass is 224 g/mol. The van der Waals surface area contributed by atoms with Gasteiger partial charge >= 0.3 is 0 Å². The first kappa shape index (κ1) is 9.16. The van der Waals surface area contributed by atoms with Gasteiger partial charge < -0.3 is 6.15 Å². The molecule has 3 N–H and O–H groups in total. The quantitative estimate of drug-likeness (QED) is 0.661. The zero-order valence-corrected chi connectivity index (χ0v) is 8.01. The molecule has 2 nitrogen and oxygen atoms in total. The number of benzene rings is 1. The van der Waals surface area contributed by atoms with Crippen molar-refractivity contribution in [3.63, 3.8) is 0 Å². The Morgan fingerprint density at radius 1 is 1.17 bits per heavy atom. The van der Waals surface area contributed by atoms with E-state index in [1.807, 2.05) is 18.3 Å². The fraction of sp³-hybridized carbons (Fsp3) is 0. The van der Waals surface area contributed by atoms with Crippen LogP contribution in [-0.2, 0) is 0 Å². The third-order valence-electron chi connectivity index (χ3n) is 1.62. The number of pyridine rings is 1. The van der Waals surface area contributed by atoms with Crippen molar-refractivity contribution in [2.45, 2.75) is 0 Å². The Hall–Kier alpha value is -0.930. The number of nitrogens with two attached hydrogens (primary N) is 1. The number of fused-ring (bicyclic) bond motifs is 1. The molecular weight excluding hydrogens is 216 g/mol. The summed E-state index contributed by atoms with van der Waals surface area (Å²) >= 11 is 3.42. The minimum Gasteiger partial charge on any atom is -0.693 e. The summed E-state index contributed by atoms with van der Waals surface area (Å²) < 4.78 is 1.12. The molecule has 0 aliphatic heterocycles. The van der Waals surface area contributed by atoms with Crippen LogP contribution in [0.3, 0.4) is 0 Å². The number of hydrogen-bond acceptors (Lipinski definition) is 0. The molecule has 0 bridgehead atoms. The molecule has 3 heteroatoms. The first-order valence-corrected chi connectivity index (χ1v) is 4.21. The van der Waals surface area contributed by atoms with Crippen molar-refractivity contribution in [1.82, 2.24) is 0 Å². The van der Waals surface area contributed by atoms with Gasteiger partial charge in [0, 0.05) is 22.0 Å². The average Bonchev–Trinajstić information content (AvgIpc) is 2.04. The van der Waals surface area contributed by atoms with Gasteiger partial charge in [-0.25, -0.2) is 4.98 Å². The normalized spacial score (nSPS) is 9.42. The second kappa shape index (κ2) is 3.65. The van der Waals surface area contributed by atoms with Gasteiger partial charge in [0.05, 0.1) is 0 Å². The van der Waals surface area contributed by atoms with Gasteiger partial charge in [-0.15, -0.1) is 0 Å². The van der Waals surface area contributed by atoms with Crippen LogP contribution in [0.2, 0.25) is 0 Å².